The molecule has 2 aromatic rings. The largest absolute Gasteiger partial charge is 0.379 e. The minimum Gasteiger partial charge on any atom is -0.379 e. The Morgan fingerprint density at radius 3 is 1.86 bits per heavy atom. The summed E-state index contributed by atoms with van der Waals surface area (Å²) < 4.78 is 33.9. The summed E-state index contributed by atoms with van der Waals surface area (Å²) in [6.45, 7) is 1.75. The molecule has 0 bridgehead atoms. The lowest BCUT2D eigenvalue weighted by Gasteiger charge is -2.19. The molecule has 6 nitrogen and oxygen atoms in total. The highest BCUT2D eigenvalue weighted by Gasteiger charge is 2.28. The van der Waals surface area contributed by atoms with Crippen molar-refractivity contribution < 1.29 is 22.9 Å². The van der Waals surface area contributed by atoms with Crippen LogP contribution >= 0.6 is 0 Å². The topological polar surface area (TPSA) is 118 Å². The zero-order valence-electron chi connectivity index (χ0n) is 21.8. The maximum Gasteiger partial charge on any atom is 0.267 e. The molecule has 0 fully saturated rings. The van der Waals surface area contributed by atoms with Crippen LogP contribution in [0.5, 0.6) is 0 Å². The van der Waals surface area contributed by atoms with Gasteiger partial charge in [-0.05, 0) is 36.5 Å². The Morgan fingerprint density at radius 1 is 0.806 bits per heavy atom. The normalized spacial score (nSPS) is 14.6. The number of fused-ring (bicyclic) bond motifs is 1. The van der Waals surface area contributed by atoms with Crippen molar-refractivity contribution >= 4 is 26.7 Å². The van der Waals surface area contributed by atoms with E-state index in [2.05, 4.69) is 0 Å². The first-order valence-corrected chi connectivity index (χ1v) is 15.1. The number of Topliss-reactive ketones (excluding diaryl/α,β-unsaturated/α-hetero) is 1. The van der Waals surface area contributed by atoms with Crippen molar-refractivity contribution in [2.75, 3.05) is 0 Å². The number of nitrogens with two attached hydrogens (primary N) is 1. The zero-order chi connectivity index (χ0) is 26.4. The van der Waals surface area contributed by atoms with Crippen LogP contribution in [-0.2, 0) is 10.1 Å². The van der Waals surface area contributed by atoms with E-state index in [9.17, 15) is 17.8 Å². The Bertz CT molecular complexity index is 1020. The van der Waals surface area contributed by atoms with E-state index >= 15 is 0 Å². The number of benzene rings is 2. The van der Waals surface area contributed by atoms with Crippen molar-refractivity contribution in [1.82, 2.24) is 0 Å². The monoisotopic (exact) mass is 519 g/mol. The van der Waals surface area contributed by atoms with Gasteiger partial charge in [0.1, 0.15) is 6.23 Å². The molecule has 3 unspecified atom stereocenters. The molecule has 36 heavy (non-hydrogen) atoms. The molecule has 7 heteroatoms. The van der Waals surface area contributed by atoms with Gasteiger partial charge in [-0.1, -0.05) is 114 Å². The van der Waals surface area contributed by atoms with Crippen molar-refractivity contribution in [3.05, 3.63) is 48.0 Å². The van der Waals surface area contributed by atoms with E-state index in [4.69, 9.17) is 10.8 Å². The van der Waals surface area contributed by atoms with Gasteiger partial charge in [0, 0.05) is 11.5 Å². The lowest BCUT2D eigenvalue weighted by Crippen LogP contribution is -2.26. The van der Waals surface area contributed by atoms with E-state index in [0.29, 0.717) is 18.4 Å². The summed E-state index contributed by atoms with van der Waals surface area (Å²) in [7, 11) is -4.21. The van der Waals surface area contributed by atoms with Gasteiger partial charge in [0.2, 0.25) is 0 Å². The fraction of sp³-hybridized carbons (Fsp3) is 0.621. The fourth-order valence-corrected chi connectivity index (χ4v) is 5.91. The first kappa shape index (κ1) is 30.4. The number of hydrogen-bond donors (Lipinski definition) is 3. The van der Waals surface area contributed by atoms with Gasteiger partial charge in [-0.15, -0.1) is 0 Å². The van der Waals surface area contributed by atoms with Crippen molar-refractivity contribution in [2.24, 2.45) is 11.7 Å². The first-order valence-electron chi connectivity index (χ1n) is 13.6. The van der Waals surface area contributed by atoms with Gasteiger partial charge in [0.25, 0.3) is 10.1 Å². The standard InChI is InChI=1S/C29H45NO5S/c1-23(29(32)27-20-15-17-24-16-13-14-19-26(24)27)22-25(36(33,34)35)18-11-9-7-5-3-2-4-6-8-10-12-21-28(30)31/h13-17,19-20,23,25,28,31H,2-12,18,21-22,30H2,1H3,(H,33,34,35). The molecule has 0 heterocycles. The van der Waals surface area contributed by atoms with Crippen LogP contribution in [0.3, 0.4) is 0 Å². The minimum atomic E-state index is -4.21. The van der Waals surface area contributed by atoms with Crippen molar-refractivity contribution in [3.63, 3.8) is 0 Å². The zero-order valence-corrected chi connectivity index (χ0v) is 22.6. The van der Waals surface area contributed by atoms with E-state index in [-0.39, 0.29) is 12.2 Å². The molecule has 0 radical (unpaired) electrons. The second-order valence-corrected chi connectivity index (χ2v) is 11.9. The molecule has 0 aliphatic heterocycles. The first-order chi connectivity index (χ1) is 17.2. The van der Waals surface area contributed by atoms with Crippen molar-refractivity contribution in [2.45, 2.75) is 108 Å². The molecule has 202 valence electrons. The van der Waals surface area contributed by atoms with Gasteiger partial charge in [-0.2, -0.15) is 8.42 Å². The molecular formula is C29H45NO5S. The molecule has 3 atom stereocenters. The van der Waals surface area contributed by atoms with Crippen molar-refractivity contribution in [3.8, 4) is 0 Å². The maximum atomic E-state index is 13.1. The summed E-state index contributed by atoms with van der Waals surface area (Å²) in [5.41, 5.74) is 5.93. The Hall–Kier alpha value is -1.80. The van der Waals surface area contributed by atoms with E-state index in [1.54, 1.807) is 13.0 Å². The van der Waals surface area contributed by atoms with Crippen LogP contribution in [0.25, 0.3) is 10.8 Å². The predicted molar refractivity (Wildman–Crippen MR) is 148 cm³/mol. The molecule has 0 saturated carbocycles. The van der Waals surface area contributed by atoms with Crippen LogP contribution in [0.2, 0.25) is 0 Å². The van der Waals surface area contributed by atoms with E-state index in [1.807, 2.05) is 36.4 Å². The SMILES string of the molecule is CC(CC(CCCCCCCCCCCCCC(N)O)S(=O)(=O)O)C(=O)c1cccc2ccccc12. The average Bonchev–Trinajstić information content (AvgIpc) is 2.84. The molecule has 0 amide bonds. The molecular weight excluding hydrogens is 474 g/mol. The van der Waals surface area contributed by atoms with Crippen LogP contribution in [0.4, 0.5) is 0 Å². The summed E-state index contributed by atoms with van der Waals surface area (Å²) in [6, 6.07) is 13.3. The fourth-order valence-electron chi connectivity index (χ4n) is 4.91. The van der Waals surface area contributed by atoms with Crippen LogP contribution in [0.1, 0.15) is 107 Å². The van der Waals surface area contributed by atoms with Crippen LogP contribution in [-0.4, -0.2) is 35.3 Å². The van der Waals surface area contributed by atoms with Crippen molar-refractivity contribution in [1.29, 1.82) is 0 Å². The third-order valence-corrected chi connectivity index (χ3v) is 8.34. The molecule has 0 aliphatic carbocycles. The minimum absolute atomic E-state index is 0.0857. The number of rotatable bonds is 19. The Balaban J connectivity index is 1.68. The highest BCUT2D eigenvalue weighted by molar-refractivity contribution is 7.86. The molecule has 0 aliphatic rings. The summed E-state index contributed by atoms with van der Waals surface area (Å²) in [6.07, 6.45) is 12.5. The molecule has 2 aromatic carbocycles. The van der Waals surface area contributed by atoms with Gasteiger partial charge in [0.05, 0.1) is 5.25 Å². The lowest BCUT2D eigenvalue weighted by atomic mass is 9.90. The number of carbonyl (C=O) groups excluding carboxylic acids is 1. The number of carbonyl (C=O) groups is 1. The summed E-state index contributed by atoms with van der Waals surface area (Å²) in [4.78, 5) is 13.1. The molecule has 0 aromatic heterocycles. The molecule has 0 spiro atoms. The van der Waals surface area contributed by atoms with Crippen LogP contribution in [0, 0.1) is 5.92 Å². The molecule has 2 rings (SSSR count). The quantitative estimate of drug-likeness (QED) is 0.0827. The second-order valence-electron chi connectivity index (χ2n) is 10.2. The third-order valence-electron chi connectivity index (χ3n) is 7.07. The van der Waals surface area contributed by atoms with Gasteiger partial charge in [-0.25, -0.2) is 0 Å². The van der Waals surface area contributed by atoms with E-state index in [0.717, 1.165) is 49.3 Å². The smallest absolute Gasteiger partial charge is 0.267 e. The van der Waals surface area contributed by atoms with Gasteiger partial charge >= 0.3 is 0 Å². The number of aliphatic hydroxyl groups excluding tert-OH is 1. The van der Waals surface area contributed by atoms with E-state index in [1.165, 1.54) is 32.1 Å². The Kier molecular flexibility index (Phi) is 13.6. The molecule has 4 N–H and O–H groups in total. The van der Waals surface area contributed by atoms with Gasteiger partial charge in [-0.3, -0.25) is 9.35 Å². The van der Waals surface area contributed by atoms with Gasteiger partial charge < -0.3 is 10.8 Å². The number of unbranched alkanes of at least 4 members (excludes halogenated alkanes) is 10. The lowest BCUT2D eigenvalue weighted by molar-refractivity contribution is 0.0924. The highest BCUT2D eigenvalue weighted by Crippen LogP contribution is 2.26. The summed E-state index contributed by atoms with van der Waals surface area (Å²) in [5.74, 6) is -0.583. The Morgan fingerprint density at radius 2 is 1.31 bits per heavy atom. The third kappa shape index (κ3) is 11.1. The second kappa shape index (κ2) is 16.1. The summed E-state index contributed by atoms with van der Waals surface area (Å²) in [5, 5.41) is 9.97. The highest BCUT2D eigenvalue weighted by atomic mass is 32.2. The Labute approximate surface area is 217 Å². The number of ketones is 1. The number of hydrogen-bond acceptors (Lipinski definition) is 5. The molecule has 0 saturated heterocycles. The predicted octanol–water partition coefficient (Wildman–Crippen LogP) is 6.65. The van der Waals surface area contributed by atoms with Crippen LogP contribution in [0.15, 0.2) is 42.5 Å². The maximum absolute atomic E-state index is 13.1. The average molecular weight is 520 g/mol. The van der Waals surface area contributed by atoms with Crippen LogP contribution < -0.4 is 5.73 Å². The van der Waals surface area contributed by atoms with E-state index < -0.39 is 27.5 Å². The summed E-state index contributed by atoms with van der Waals surface area (Å²) >= 11 is 0. The van der Waals surface area contributed by atoms with Gasteiger partial charge in [0.15, 0.2) is 5.78 Å². The number of aliphatic hydroxyl groups is 1.